The Morgan fingerprint density at radius 1 is 0.875 bits per heavy atom. The second-order valence-electron chi connectivity index (χ2n) is 9.01. The van der Waals surface area contributed by atoms with Gasteiger partial charge in [-0.2, -0.15) is 0 Å². The maximum Gasteiger partial charge on any atom is 0.310 e. The summed E-state index contributed by atoms with van der Waals surface area (Å²) in [5, 5.41) is 41.9. The van der Waals surface area contributed by atoms with Crippen LogP contribution in [-0.4, -0.2) is 55.8 Å². The van der Waals surface area contributed by atoms with Crippen LogP contribution in [0.2, 0.25) is 0 Å². The van der Waals surface area contributed by atoms with Crippen LogP contribution in [0.4, 0.5) is 11.4 Å². The Morgan fingerprint density at radius 3 is 1.72 bits per heavy atom. The predicted octanol–water partition coefficient (Wildman–Crippen LogP) is 2.98. The van der Waals surface area contributed by atoms with Crippen molar-refractivity contribution in [2.75, 3.05) is 19.6 Å². The van der Waals surface area contributed by atoms with Crippen LogP contribution < -0.4 is 9.47 Å². The van der Waals surface area contributed by atoms with Gasteiger partial charge in [0.2, 0.25) is 0 Å². The van der Waals surface area contributed by atoms with Crippen LogP contribution in [0.5, 0.6) is 23.0 Å². The topological polar surface area (TPSA) is 148 Å². The molecule has 4 aliphatic rings. The standard InChI is InChI=1S/C21H21N3O8/c25-18-5-14(1-3-16(18)23(27)28)31-20-7-13-8-21(10-20,12-22(9-13)11-20)32-15-2-4-17(24(29)30)19(26)6-15/h1-6,13,25-26H,7-12H2/t13-,20+,21-. The van der Waals surface area contributed by atoms with Crippen molar-refractivity contribution in [3.05, 3.63) is 56.6 Å². The first-order valence-corrected chi connectivity index (χ1v) is 10.2. The molecule has 0 amide bonds. The predicted molar refractivity (Wildman–Crippen MR) is 110 cm³/mol. The Morgan fingerprint density at radius 2 is 1.34 bits per heavy atom. The monoisotopic (exact) mass is 443 g/mol. The number of nitro groups is 2. The highest BCUT2D eigenvalue weighted by atomic mass is 16.6. The highest BCUT2D eigenvalue weighted by molar-refractivity contribution is 5.50. The van der Waals surface area contributed by atoms with Crippen molar-refractivity contribution in [1.82, 2.24) is 4.90 Å². The van der Waals surface area contributed by atoms with E-state index in [1.807, 2.05) is 0 Å². The van der Waals surface area contributed by atoms with Crippen molar-refractivity contribution in [3.63, 3.8) is 0 Å². The third-order valence-electron chi connectivity index (χ3n) is 6.46. The first kappa shape index (κ1) is 20.3. The molecule has 1 saturated carbocycles. The maximum absolute atomic E-state index is 11.0. The largest absolute Gasteiger partial charge is 0.502 e. The molecule has 11 heteroatoms. The Hall–Kier alpha value is -3.60. The number of nitro benzene ring substituents is 2. The number of hydrogen-bond acceptors (Lipinski definition) is 9. The molecule has 0 unspecified atom stereocenters. The van der Waals surface area contributed by atoms with Crippen LogP contribution in [0.1, 0.15) is 19.3 Å². The zero-order chi connectivity index (χ0) is 22.7. The third-order valence-corrected chi connectivity index (χ3v) is 6.46. The molecule has 4 atom stereocenters. The number of rotatable bonds is 6. The van der Waals surface area contributed by atoms with Crippen molar-refractivity contribution in [1.29, 1.82) is 0 Å². The van der Waals surface area contributed by atoms with Crippen molar-refractivity contribution >= 4 is 11.4 Å². The van der Waals surface area contributed by atoms with Gasteiger partial charge in [-0.1, -0.05) is 0 Å². The van der Waals surface area contributed by atoms with Gasteiger partial charge in [-0.05, 0) is 30.9 Å². The summed E-state index contributed by atoms with van der Waals surface area (Å²) in [5.41, 5.74) is -1.95. The lowest BCUT2D eigenvalue weighted by Gasteiger charge is -2.61. The molecule has 3 heterocycles. The number of hydrogen-bond donors (Lipinski definition) is 2. The van der Waals surface area contributed by atoms with Crippen molar-refractivity contribution in [3.8, 4) is 23.0 Å². The van der Waals surface area contributed by atoms with Gasteiger partial charge < -0.3 is 19.7 Å². The minimum absolute atomic E-state index is 0.310. The summed E-state index contributed by atoms with van der Waals surface area (Å²) in [6.45, 7) is 2.24. The average molecular weight is 443 g/mol. The summed E-state index contributed by atoms with van der Waals surface area (Å²) in [5.74, 6) is 0.0954. The van der Waals surface area contributed by atoms with E-state index in [9.17, 15) is 30.4 Å². The Kier molecular flexibility index (Phi) is 4.41. The van der Waals surface area contributed by atoms with Crippen LogP contribution in [0, 0.1) is 26.1 Å². The second-order valence-corrected chi connectivity index (χ2v) is 9.01. The van der Waals surface area contributed by atoms with Crippen LogP contribution >= 0.6 is 0 Å². The van der Waals surface area contributed by atoms with E-state index in [0.29, 0.717) is 36.9 Å². The van der Waals surface area contributed by atoms with Crippen molar-refractivity contribution in [2.24, 2.45) is 5.92 Å². The van der Waals surface area contributed by atoms with Gasteiger partial charge in [0.1, 0.15) is 22.7 Å². The van der Waals surface area contributed by atoms with E-state index in [2.05, 4.69) is 4.90 Å². The lowest BCUT2D eigenvalue weighted by molar-refractivity contribution is -0.386. The quantitative estimate of drug-likeness (QED) is 0.507. The minimum Gasteiger partial charge on any atom is -0.502 e. The normalized spacial score (nSPS) is 30.1. The van der Waals surface area contributed by atoms with Gasteiger partial charge in [-0.3, -0.25) is 25.1 Å². The summed E-state index contributed by atoms with van der Waals surface area (Å²) < 4.78 is 12.6. The summed E-state index contributed by atoms with van der Waals surface area (Å²) in [4.78, 5) is 22.9. The summed E-state index contributed by atoms with van der Waals surface area (Å²) in [6.07, 6.45) is 2.12. The SMILES string of the molecule is O=[N+]([O-])c1ccc(O[C@@]23C[C@@H]4C[N@](C2)C[C@](Oc2ccc([N+](=O)[O-])c(O)c2)(C4)C3)cc1O. The molecule has 0 radical (unpaired) electrons. The third kappa shape index (κ3) is 3.44. The molecule has 1 aliphatic carbocycles. The summed E-state index contributed by atoms with van der Waals surface area (Å²) in [7, 11) is 0. The van der Waals surface area contributed by atoms with Gasteiger partial charge in [0.25, 0.3) is 0 Å². The van der Waals surface area contributed by atoms with E-state index in [1.165, 1.54) is 36.4 Å². The van der Waals surface area contributed by atoms with E-state index >= 15 is 0 Å². The Bertz CT molecular complexity index is 1020. The minimum atomic E-state index is -0.655. The van der Waals surface area contributed by atoms with Gasteiger partial charge in [0, 0.05) is 50.3 Å². The first-order valence-electron chi connectivity index (χ1n) is 10.2. The van der Waals surface area contributed by atoms with E-state index in [4.69, 9.17) is 9.47 Å². The van der Waals surface area contributed by atoms with Crippen LogP contribution in [-0.2, 0) is 0 Å². The number of ether oxygens (including phenoxy) is 2. The molecule has 11 nitrogen and oxygen atoms in total. The van der Waals surface area contributed by atoms with Crippen molar-refractivity contribution in [2.45, 2.75) is 30.5 Å². The number of benzene rings is 2. The smallest absolute Gasteiger partial charge is 0.310 e. The molecule has 32 heavy (non-hydrogen) atoms. The molecule has 4 fully saturated rings. The highest BCUT2D eigenvalue weighted by Crippen LogP contribution is 2.52. The molecule has 168 valence electrons. The molecule has 6 rings (SSSR count). The molecular formula is C21H21N3O8. The second kappa shape index (κ2) is 6.95. The average Bonchev–Trinajstić information content (AvgIpc) is 2.65. The number of phenolic OH excluding ortho intramolecular Hbond substituents is 2. The fourth-order valence-electron chi connectivity index (χ4n) is 5.75. The van der Waals surface area contributed by atoms with Gasteiger partial charge in [-0.15, -0.1) is 0 Å². The van der Waals surface area contributed by atoms with Crippen LogP contribution in [0.15, 0.2) is 36.4 Å². The zero-order valence-electron chi connectivity index (χ0n) is 17.0. The van der Waals surface area contributed by atoms with Gasteiger partial charge in [-0.25, -0.2) is 0 Å². The molecule has 3 aliphatic heterocycles. The van der Waals surface area contributed by atoms with E-state index in [1.54, 1.807) is 0 Å². The Balaban J connectivity index is 1.41. The molecule has 2 aromatic rings. The molecule has 4 bridgehead atoms. The Labute approximate surface area is 182 Å². The molecule has 0 spiro atoms. The molecule has 2 aromatic carbocycles. The molecule has 0 aromatic heterocycles. The lowest BCUT2D eigenvalue weighted by Crippen LogP contribution is -2.72. The van der Waals surface area contributed by atoms with Gasteiger partial charge in [0.15, 0.2) is 11.5 Å². The number of nitrogens with zero attached hydrogens (tertiary/aromatic N) is 3. The van der Waals surface area contributed by atoms with Crippen LogP contribution in [0.3, 0.4) is 0 Å². The fraction of sp³-hybridized carbons (Fsp3) is 0.429. The fourth-order valence-corrected chi connectivity index (χ4v) is 5.75. The first-order chi connectivity index (χ1) is 15.2. The lowest BCUT2D eigenvalue weighted by atomic mass is 9.63. The highest BCUT2D eigenvalue weighted by Gasteiger charge is 2.60. The molecule has 3 saturated heterocycles. The number of aromatic hydroxyl groups is 2. The zero-order valence-corrected chi connectivity index (χ0v) is 17.0. The van der Waals surface area contributed by atoms with E-state index < -0.39 is 32.5 Å². The van der Waals surface area contributed by atoms with Crippen LogP contribution in [0.25, 0.3) is 0 Å². The summed E-state index contributed by atoms with van der Waals surface area (Å²) >= 11 is 0. The van der Waals surface area contributed by atoms with Gasteiger partial charge >= 0.3 is 11.4 Å². The van der Waals surface area contributed by atoms with E-state index in [0.717, 1.165) is 19.4 Å². The van der Waals surface area contributed by atoms with Crippen molar-refractivity contribution < 1.29 is 29.5 Å². The number of piperidine rings is 3. The van der Waals surface area contributed by atoms with Gasteiger partial charge in [0.05, 0.1) is 9.85 Å². The number of phenols is 2. The maximum atomic E-state index is 11.0. The molecular weight excluding hydrogens is 422 g/mol. The summed E-state index contributed by atoms with van der Waals surface area (Å²) in [6, 6.07) is 7.91. The van der Waals surface area contributed by atoms with E-state index in [-0.39, 0.29) is 11.4 Å². The molecule has 2 N–H and O–H groups in total.